The van der Waals surface area contributed by atoms with Gasteiger partial charge < -0.3 is 19.7 Å². The fourth-order valence-electron chi connectivity index (χ4n) is 2.38. The zero-order valence-corrected chi connectivity index (χ0v) is 13.2. The minimum absolute atomic E-state index is 0.0987. The lowest BCUT2D eigenvalue weighted by Gasteiger charge is -2.18. The molecule has 1 atom stereocenters. The van der Waals surface area contributed by atoms with Gasteiger partial charge in [0.2, 0.25) is 0 Å². The molecule has 0 bridgehead atoms. The number of amides is 2. The third-order valence-electron chi connectivity index (χ3n) is 3.53. The van der Waals surface area contributed by atoms with Crippen molar-refractivity contribution >= 4 is 23.3 Å². The second-order valence-corrected chi connectivity index (χ2v) is 5.45. The van der Waals surface area contributed by atoms with Crippen LogP contribution in [0.25, 0.3) is 0 Å². The van der Waals surface area contributed by atoms with Gasteiger partial charge in [0, 0.05) is 37.4 Å². The first kappa shape index (κ1) is 15.9. The van der Waals surface area contributed by atoms with Crippen molar-refractivity contribution < 1.29 is 14.3 Å². The molecule has 1 aromatic rings. The van der Waals surface area contributed by atoms with Gasteiger partial charge in [-0.3, -0.25) is 0 Å². The zero-order chi connectivity index (χ0) is 15.2. The number of likely N-dealkylation sites (tertiary alicyclic amines) is 1. The summed E-state index contributed by atoms with van der Waals surface area (Å²) in [7, 11) is 1.55. The minimum atomic E-state index is -0.0987. The molecule has 1 heterocycles. The molecule has 1 fully saturated rings. The highest BCUT2D eigenvalue weighted by molar-refractivity contribution is 6.32. The fraction of sp³-hybridized carbons (Fsp3) is 0.533. The van der Waals surface area contributed by atoms with E-state index >= 15 is 0 Å². The van der Waals surface area contributed by atoms with Gasteiger partial charge in [0.15, 0.2) is 0 Å². The molecule has 1 aromatic carbocycles. The second-order valence-electron chi connectivity index (χ2n) is 5.04. The Balaban J connectivity index is 1.90. The quantitative estimate of drug-likeness (QED) is 0.908. The lowest BCUT2D eigenvalue weighted by molar-refractivity contribution is 0.113. The van der Waals surface area contributed by atoms with Crippen LogP contribution >= 0.6 is 11.6 Å². The molecule has 0 radical (unpaired) electrons. The average Bonchev–Trinajstić information content (AvgIpc) is 2.96. The summed E-state index contributed by atoms with van der Waals surface area (Å²) in [6, 6.07) is 5.08. The Bertz CT molecular complexity index is 496. The molecule has 2 amide bonds. The predicted octanol–water partition coefficient (Wildman–Crippen LogP) is 3.24. The normalized spacial score (nSPS) is 17.9. The van der Waals surface area contributed by atoms with Crippen LogP contribution in [0.1, 0.15) is 13.3 Å². The highest BCUT2D eigenvalue weighted by Gasteiger charge is 2.26. The molecular formula is C15H21ClN2O3. The van der Waals surface area contributed by atoms with Crippen molar-refractivity contribution in [3.63, 3.8) is 0 Å². The molecule has 0 saturated carbocycles. The number of anilines is 1. The number of carbonyl (C=O) groups is 1. The summed E-state index contributed by atoms with van der Waals surface area (Å²) < 4.78 is 10.6. The maximum absolute atomic E-state index is 12.2. The molecule has 0 aromatic heterocycles. The van der Waals surface area contributed by atoms with Crippen molar-refractivity contribution in [1.82, 2.24) is 4.90 Å². The van der Waals surface area contributed by atoms with E-state index in [9.17, 15) is 4.79 Å². The Morgan fingerprint density at radius 3 is 3.05 bits per heavy atom. The van der Waals surface area contributed by atoms with Gasteiger partial charge in [0.1, 0.15) is 5.75 Å². The van der Waals surface area contributed by atoms with Gasteiger partial charge in [-0.15, -0.1) is 0 Å². The van der Waals surface area contributed by atoms with Crippen molar-refractivity contribution in [2.45, 2.75) is 13.3 Å². The van der Waals surface area contributed by atoms with E-state index < -0.39 is 0 Å². The van der Waals surface area contributed by atoms with Gasteiger partial charge in [-0.25, -0.2) is 4.79 Å². The summed E-state index contributed by atoms with van der Waals surface area (Å²) in [6.45, 7) is 4.90. The Morgan fingerprint density at radius 1 is 1.52 bits per heavy atom. The van der Waals surface area contributed by atoms with E-state index in [0.717, 1.165) is 26.1 Å². The number of carbonyl (C=O) groups excluding carboxylic acids is 1. The maximum Gasteiger partial charge on any atom is 0.321 e. The first-order chi connectivity index (χ1) is 10.1. The molecule has 2 rings (SSSR count). The van der Waals surface area contributed by atoms with Crippen LogP contribution in [0.4, 0.5) is 10.5 Å². The molecule has 1 N–H and O–H groups in total. The molecule has 0 spiro atoms. The van der Waals surface area contributed by atoms with Crippen LogP contribution in [0, 0.1) is 5.92 Å². The van der Waals surface area contributed by atoms with Crippen LogP contribution in [-0.4, -0.2) is 44.3 Å². The zero-order valence-electron chi connectivity index (χ0n) is 12.4. The first-order valence-corrected chi connectivity index (χ1v) is 7.49. The molecular weight excluding hydrogens is 292 g/mol. The van der Waals surface area contributed by atoms with Gasteiger partial charge in [-0.2, -0.15) is 0 Å². The molecule has 0 aliphatic carbocycles. The number of benzene rings is 1. The van der Waals surface area contributed by atoms with Crippen molar-refractivity contribution in [1.29, 1.82) is 0 Å². The van der Waals surface area contributed by atoms with E-state index in [2.05, 4.69) is 5.32 Å². The predicted molar refractivity (Wildman–Crippen MR) is 83.2 cm³/mol. The van der Waals surface area contributed by atoms with E-state index in [1.807, 2.05) is 11.8 Å². The van der Waals surface area contributed by atoms with Crippen molar-refractivity contribution in [2.24, 2.45) is 5.92 Å². The van der Waals surface area contributed by atoms with Gasteiger partial charge >= 0.3 is 6.03 Å². The maximum atomic E-state index is 12.2. The van der Waals surface area contributed by atoms with Crippen LogP contribution in [0.5, 0.6) is 5.75 Å². The van der Waals surface area contributed by atoms with Gasteiger partial charge in [-0.05, 0) is 25.5 Å². The first-order valence-electron chi connectivity index (χ1n) is 7.11. The minimum Gasteiger partial charge on any atom is -0.495 e. The molecule has 1 aliphatic rings. The van der Waals surface area contributed by atoms with E-state index in [1.165, 1.54) is 0 Å². The summed E-state index contributed by atoms with van der Waals surface area (Å²) in [5.41, 5.74) is 0.675. The number of ether oxygens (including phenoxy) is 2. The van der Waals surface area contributed by atoms with Gasteiger partial charge in [0.25, 0.3) is 0 Å². The highest BCUT2D eigenvalue weighted by atomic mass is 35.5. The van der Waals surface area contributed by atoms with Crippen molar-refractivity contribution in [2.75, 3.05) is 38.7 Å². The lowest BCUT2D eigenvalue weighted by Crippen LogP contribution is -2.33. The van der Waals surface area contributed by atoms with Gasteiger partial charge in [0.05, 0.1) is 18.7 Å². The van der Waals surface area contributed by atoms with Crippen LogP contribution in [-0.2, 0) is 4.74 Å². The highest BCUT2D eigenvalue weighted by Crippen LogP contribution is 2.27. The number of hydrogen-bond acceptors (Lipinski definition) is 3. The molecule has 21 heavy (non-hydrogen) atoms. The van der Waals surface area contributed by atoms with E-state index in [-0.39, 0.29) is 6.03 Å². The number of hydrogen-bond donors (Lipinski definition) is 1. The van der Waals surface area contributed by atoms with Crippen LogP contribution in [0.3, 0.4) is 0 Å². The second kappa shape index (κ2) is 7.52. The van der Waals surface area contributed by atoms with Crippen LogP contribution < -0.4 is 10.1 Å². The molecule has 1 aliphatic heterocycles. The van der Waals surface area contributed by atoms with E-state index in [4.69, 9.17) is 21.1 Å². The summed E-state index contributed by atoms with van der Waals surface area (Å²) in [5, 5.41) is 3.39. The Kier molecular flexibility index (Phi) is 5.70. The van der Waals surface area contributed by atoms with Crippen molar-refractivity contribution in [3.8, 4) is 5.75 Å². The molecule has 116 valence electrons. The third kappa shape index (κ3) is 4.25. The Morgan fingerprint density at radius 2 is 2.33 bits per heavy atom. The van der Waals surface area contributed by atoms with Crippen molar-refractivity contribution in [3.05, 3.63) is 23.2 Å². The largest absolute Gasteiger partial charge is 0.495 e. The topological polar surface area (TPSA) is 50.8 Å². The number of nitrogens with zero attached hydrogens (tertiary/aromatic N) is 1. The molecule has 1 saturated heterocycles. The van der Waals surface area contributed by atoms with E-state index in [1.54, 1.807) is 25.3 Å². The molecule has 5 nitrogen and oxygen atoms in total. The lowest BCUT2D eigenvalue weighted by atomic mass is 10.1. The fourth-order valence-corrected chi connectivity index (χ4v) is 2.57. The number of methoxy groups -OCH3 is 1. The van der Waals surface area contributed by atoms with Gasteiger partial charge in [-0.1, -0.05) is 11.6 Å². The van der Waals surface area contributed by atoms with Crippen LogP contribution in [0.2, 0.25) is 5.02 Å². The molecule has 6 heteroatoms. The smallest absolute Gasteiger partial charge is 0.321 e. The summed E-state index contributed by atoms with van der Waals surface area (Å²) in [4.78, 5) is 14.0. The Hall–Kier alpha value is -1.46. The SMILES string of the molecule is CCOC[C@@H]1CCN(C(=O)Nc2ccc(Cl)c(OC)c2)C1. The Labute approximate surface area is 130 Å². The number of urea groups is 1. The summed E-state index contributed by atoms with van der Waals surface area (Å²) in [6.07, 6.45) is 0.983. The third-order valence-corrected chi connectivity index (χ3v) is 3.85. The summed E-state index contributed by atoms with van der Waals surface area (Å²) in [5.74, 6) is 0.973. The monoisotopic (exact) mass is 312 g/mol. The number of halogens is 1. The van der Waals surface area contributed by atoms with E-state index in [0.29, 0.717) is 29.0 Å². The average molecular weight is 313 g/mol. The summed E-state index contributed by atoms with van der Waals surface area (Å²) >= 11 is 5.97. The van der Waals surface area contributed by atoms with Crippen LogP contribution in [0.15, 0.2) is 18.2 Å². The number of nitrogens with one attached hydrogen (secondary N) is 1. The standard InChI is InChI=1S/C15H21ClN2O3/c1-3-21-10-11-6-7-18(9-11)15(19)17-12-4-5-13(16)14(8-12)20-2/h4-5,8,11H,3,6-7,9-10H2,1-2H3,(H,17,19)/t11-/m1/s1. The number of rotatable bonds is 5. The molecule has 0 unspecified atom stereocenters.